The summed E-state index contributed by atoms with van der Waals surface area (Å²) in [5.74, 6) is 0. The van der Waals surface area contributed by atoms with E-state index in [1.54, 1.807) is 14.1 Å². The van der Waals surface area contributed by atoms with Crippen molar-refractivity contribution in [3.8, 4) is 0 Å². The maximum absolute atomic E-state index is 11.3. The molecule has 0 radical (unpaired) electrons. The number of carbonyl (C=O) groups is 1. The lowest BCUT2D eigenvalue weighted by molar-refractivity contribution is 0.207. The van der Waals surface area contributed by atoms with Crippen LogP contribution in [-0.2, 0) is 0 Å². The fourth-order valence-electron chi connectivity index (χ4n) is 0.830. The summed E-state index contributed by atoms with van der Waals surface area (Å²) < 4.78 is 0. The van der Waals surface area contributed by atoms with Crippen LogP contribution in [0.5, 0.6) is 0 Å². The number of benzene rings is 1. The molecule has 0 heterocycles. The number of nitrogens with one attached hydrogen (secondary N) is 2. The van der Waals surface area contributed by atoms with Gasteiger partial charge in [-0.15, -0.1) is 0 Å². The first-order chi connectivity index (χ1) is 6.24. The molecule has 2 N–H and O–H groups in total. The zero-order chi connectivity index (χ0) is 9.68. The minimum absolute atomic E-state index is 0.186. The third kappa shape index (κ3) is 2.76. The molecule has 0 aliphatic carbocycles. The first kappa shape index (κ1) is 9.54. The van der Waals surface area contributed by atoms with Gasteiger partial charge in [0.15, 0.2) is 0 Å². The summed E-state index contributed by atoms with van der Waals surface area (Å²) in [6.45, 7) is 0. The molecule has 0 saturated carbocycles. The molecule has 0 aliphatic heterocycles. The third-order valence-corrected chi connectivity index (χ3v) is 1.67. The van der Waals surface area contributed by atoms with Crippen molar-refractivity contribution < 1.29 is 4.79 Å². The van der Waals surface area contributed by atoms with Gasteiger partial charge in [-0.2, -0.15) is 0 Å². The van der Waals surface area contributed by atoms with Gasteiger partial charge in [-0.25, -0.2) is 10.2 Å². The summed E-state index contributed by atoms with van der Waals surface area (Å²) in [6.07, 6.45) is 0. The molecule has 0 saturated heterocycles. The number of hydrogen-bond acceptors (Lipinski definition) is 2. The normalized spacial score (nSPS) is 9.38. The topological polar surface area (TPSA) is 44.4 Å². The predicted molar refractivity (Wildman–Crippen MR) is 52.3 cm³/mol. The Hall–Kier alpha value is -1.55. The highest BCUT2D eigenvalue weighted by molar-refractivity contribution is 5.88. The van der Waals surface area contributed by atoms with Gasteiger partial charge in [-0.1, -0.05) is 18.2 Å². The first-order valence-electron chi connectivity index (χ1n) is 4.01. The van der Waals surface area contributed by atoms with Crippen LogP contribution in [-0.4, -0.2) is 25.1 Å². The molecule has 70 valence electrons. The standard InChI is InChI=1S/C9H13N3O/c1-10-12(2)9(13)11-8-6-4-3-5-7-8/h3-7,10H,1-2H3,(H,11,13). The second kappa shape index (κ2) is 4.47. The largest absolute Gasteiger partial charge is 0.335 e. The lowest BCUT2D eigenvalue weighted by atomic mass is 10.3. The van der Waals surface area contributed by atoms with E-state index in [1.807, 2.05) is 30.3 Å². The Labute approximate surface area is 77.5 Å². The van der Waals surface area contributed by atoms with Crippen LogP contribution in [0.3, 0.4) is 0 Å². The maximum Gasteiger partial charge on any atom is 0.335 e. The molecule has 0 aromatic heterocycles. The highest BCUT2D eigenvalue weighted by Gasteiger charge is 2.04. The van der Waals surface area contributed by atoms with Crippen molar-refractivity contribution in [3.05, 3.63) is 30.3 Å². The molecule has 0 fully saturated rings. The van der Waals surface area contributed by atoms with Crippen LogP contribution in [0.15, 0.2) is 30.3 Å². The van der Waals surface area contributed by atoms with Gasteiger partial charge in [0.1, 0.15) is 0 Å². The van der Waals surface area contributed by atoms with E-state index < -0.39 is 0 Å². The van der Waals surface area contributed by atoms with Crippen molar-refractivity contribution in [2.24, 2.45) is 0 Å². The molecule has 4 nitrogen and oxygen atoms in total. The van der Waals surface area contributed by atoms with E-state index in [-0.39, 0.29) is 6.03 Å². The van der Waals surface area contributed by atoms with E-state index in [0.717, 1.165) is 5.69 Å². The number of hydrogen-bond donors (Lipinski definition) is 2. The summed E-state index contributed by atoms with van der Waals surface area (Å²) in [4.78, 5) is 11.3. The Kier molecular flexibility index (Phi) is 3.28. The number of nitrogens with zero attached hydrogens (tertiary/aromatic N) is 1. The summed E-state index contributed by atoms with van der Waals surface area (Å²) in [5.41, 5.74) is 3.49. The molecule has 1 rings (SSSR count). The van der Waals surface area contributed by atoms with Crippen molar-refractivity contribution in [2.75, 3.05) is 19.4 Å². The van der Waals surface area contributed by atoms with Crippen molar-refractivity contribution in [3.63, 3.8) is 0 Å². The predicted octanol–water partition coefficient (Wildman–Crippen LogP) is 1.28. The van der Waals surface area contributed by atoms with E-state index in [9.17, 15) is 4.79 Å². The summed E-state index contributed by atoms with van der Waals surface area (Å²) in [6, 6.07) is 9.12. The number of carbonyl (C=O) groups excluding carboxylic acids is 1. The Morgan fingerprint density at radius 1 is 1.31 bits per heavy atom. The molecule has 0 spiro atoms. The molecule has 1 aromatic carbocycles. The second-order valence-electron chi connectivity index (χ2n) is 2.58. The Morgan fingerprint density at radius 3 is 2.46 bits per heavy atom. The molecular weight excluding hydrogens is 166 g/mol. The maximum atomic E-state index is 11.3. The number of para-hydroxylation sites is 1. The highest BCUT2D eigenvalue weighted by Crippen LogP contribution is 2.04. The van der Waals surface area contributed by atoms with Crippen LogP contribution < -0.4 is 10.7 Å². The van der Waals surface area contributed by atoms with Crippen LogP contribution in [0.25, 0.3) is 0 Å². The summed E-state index contributed by atoms with van der Waals surface area (Å²) in [7, 11) is 3.34. The zero-order valence-corrected chi connectivity index (χ0v) is 7.74. The lowest BCUT2D eigenvalue weighted by Gasteiger charge is -2.15. The number of amides is 2. The average Bonchev–Trinajstić information content (AvgIpc) is 2.18. The molecule has 0 aliphatic rings. The van der Waals surface area contributed by atoms with Gasteiger partial charge in [0, 0.05) is 19.8 Å². The van der Waals surface area contributed by atoms with Crippen molar-refractivity contribution >= 4 is 11.7 Å². The molecular formula is C9H13N3O. The van der Waals surface area contributed by atoms with E-state index in [2.05, 4.69) is 10.7 Å². The van der Waals surface area contributed by atoms with Crippen molar-refractivity contribution in [1.29, 1.82) is 0 Å². The van der Waals surface area contributed by atoms with E-state index >= 15 is 0 Å². The lowest BCUT2D eigenvalue weighted by Crippen LogP contribution is -2.39. The first-order valence-corrected chi connectivity index (χ1v) is 4.01. The molecule has 2 amide bonds. The van der Waals surface area contributed by atoms with Crippen LogP contribution in [0, 0.1) is 0 Å². The van der Waals surface area contributed by atoms with Gasteiger partial charge in [0.25, 0.3) is 0 Å². The van der Waals surface area contributed by atoms with Crippen LogP contribution in [0.2, 0.25) is 0 Å². The minimum atomic E-state index is -0.186. The Morgan fingerprint density at radius 2 is 1.92 bits per heavy atom. The second-order valence-corrected chi connectivity index (χ2v) is 2.58. The molecule has 13 heavy (non-hydrogen) atoms. The molecule has 4 heteroatoms. The average molecular weight is 179 g/mol. The van der Waals surface area contributed by atoms with Crippen LogP contribution in [0.1, 0.15) is 0 Å². The summed E-state index contributed by atoms with van der Waals surface area (Å²) in [5, 5.41) is 4.09. The highest BCUT2D eigenvalue weighted by atomic mass is 16.2. The number of anilines is 1. The van der Waals surface area contributed by atoms with Crippen LogP contribution in [0.4, 0.5) is 10.5 Å². The molecule has 0 atom stereocenters. The molecule has 0 bridgehead atoms. The van der Waals surface area contributed by atoms with Gasteiger partial charge >= 0.3 is 6.03 Å². The monoisotopic (exact) mass is 179 g/mol. The van der Waals surface area contributed by atoms with Crippen LogP contribution >= 0.6 is 0 Å². The molecule has 1 aromatic rings. The van der Waals surface area contributed by atoms with Crippen molar-refractivity contribution in [1.82, 2.24) is 10.4 Å². The van der Waals surface area contributed by atoms with Gasteiger partial charge < -0.3 is 5.32 Å². The minimum Gasteiger partial charge on any atom is -0.307 e. The zero-order valence-electron chi connectivity index (χ0n) is 7.74. The fourth-order valence-corrected chi connectivity index (χ4v) is 0.830. The Bertz CT molecular complexity index is 273. The Balaban J connectivity index is 2.55. The third-order valence-electron chi connectivity index (χ3n) is 1.67. The van der Waals surface area contributed by atoms with E-state index in [0.29, 0.717) is 0 Å². The quantitative estimate of drug-likeness (QED) is 0.672. The fraction of sp³-hybridized carbons (Fsp3) is 0.222. The van der Waals surface area contributed by atoms with Gasteiger partial charge in [0.2, 0.25) is 0 Å². The van der Waals surface area contributed by atoms with Crippen molar-refractivity contribution in [2.45, 2.75) is 0 Å². The number of urea groups is 1. The SMILES string of the molecule is CNN(C)C(=O)Nc1ccccc1. The van der Waals surface area contributed by atoms with Gasteiger partial charge in [-0.05, 0) is 12.1 Å². The molecule has 0 unspecified atom stereocenters. The van der Waals surface area contributed by atoms with E-state index in [4.69, 9.17) is 0 Å². The van der Waals surface area contributed by atoms with Gasteiger partial charge in [0.05, 0.1) is 0 Å². The number of rotatable bonds is 2. The van der Waals surface area contributed by atoms with Gasteiger partial charge in [-0.3, -0.25) is 5.01 Å². The smallest absolute Gasteiger partial charge is 0.307 e. The number of hydrazine groups is 1. The summed E-state index contributed by atoms with van der Waals surface area (Å²) >= 11 is 0. The van der Waals surface area contributed by atoms with E-state index in [1.165, 1.54) is 5.01 Å².